The van der Waals surface area contributed by atoms with Gasteiger partial charge in [-0.1, -0.05) is 26.0 Å². The number of aliphatic hydroxyl groups is 2. The Morgan fingerprint density at radius 3 is 2.43 bits per heavy atom. The number of carbonyl (C=O) groups is 3. The molecule has 12 heteroatoms. The number of likely N-dealkylation sites (N-methyl/N-ethyl adjacent to an activating group) is 1. The quantitative estimate of drug-likeness (QED) is 0.292. The van der Waals surface area contributed by atoms with Gasteiger partial charge >= 0.3 is 5.97 Å². The lowest BCUT2D eigenvalue weighted by Crippen LogP contribution is -2.82. The number of ether oxygens (including phenoxy) is 5. The zero-order chi connectivity index (χ0) is 34.8. The average molecular weight is 683 g/mol. The van der Waals surface area contributed by atoms with E-state index in [1.54, 1.807) is 59.6 Å². The number of hydrogen-bond donors (Lipinski definition) is 2. The van der Waals surface area contributed by atoms with Gasteiger partial charge in [-0.2, -0.15) is 0 Å². The van der Waals surface area contributed by atoms with Crippen molar-refractivity contribution < 1.29 is 48.3 Å². The fourth-order valence-electron chi connectivity index (χ4n) is 13.2. The largest absolute Gasteiger partial charge is 0.461 e. The average Bonchev–Trinajstić information content (AvgIpc) is 3.63. The summed E-state index contributed by atoms with van der Waals surface area (Å²) < 4.78 is 31.4. The van der Waals surface area contributed by atoms with Crippen molar-refractivity contribution in [1.29, 1.82) is 0 Å². The molecule has 7 aliphatic rings. The topological polar surface area (TPSA) is 144 Å². The van der Waals surface area contributed by atoms with E-state index in [1.807, 2.05) is 0 Å². The molecule has 7 bridgehead atoms. The van der Waals surface area contributed by atoms with Crippen LogP contribution in [0.2, 0.25) is 0 Å². The van der Waals surface area contributed by atoms with Crippen molar-refractivity contribution in [3.8, 4) is 0 Å². The molecular weight excluding hydrogens is 632 g/mol. The number of fused-ring (bicyclic) bond motifs is 2. The van der Waals surface area contributed by atoms with Crippen LogP contribution in [0.3, 0.4) is 0 Å². The van der Waals surface area contributed by atoms with E-state index >= 15 is 0 Å². The molecule has 0 aromatic heterocycles. The van der Waals surface area contributed by atoms with Gasteiger partial charge in [0.05, 0.1) is 48.3 Å². The van der Waals surface area contributed by atoms with Gasteiger partial charge in [-0.25, -0.2) is 9.69 Å². The van der Waals surface area contributed by atoms with Crippen molar-refractivity contribution in [1.82, 2.24) is 4.90 Å². The molecule has 2 N–H and O–H groups in total. The molecule has 7 fully saturated rings. The number of rotatable bonds is 9. The molecule has 2 saturated heterocycles. The molecular formula is C37H50N2O10. The maximum Gasteiger partial charge on any atom is 0.340 e. The smallest absolute Gasteiger partial charge is 0.340 e. The molecule has 1 aromatic rings. The maximum absolute atomic E-state index is 14.1. The molecule has 14 atom stereocenters. The normalized spacial score (nSPS) is 48.0. The summed E-state index contributed by atoms with van der Waals surface area (Å²) in [6.45, 7) is 4.95. The Labute approximate surface area is 287 Å². The standard InChI is InChI=1S/C37H50N2O10/c1-7-38-17-34(18-49-32(42)20-10-8-9-11-23(20)39-26(40)14-19(2)31(39)41)13-12-25(46-4)36-22-15-21-24(45-3)16-35(43,27(22)28(21)47-5)37(44,33(36)38)30(48-6)29(34)36/h8-11,19,21-22,24-25,27-30,33,43-44H,7,12-18H2,1-6H3/t19?,21-,22?,24+,25+,27?,28+,29?,30+,33?,34-,35-,36+,37+/m1/s1. The number of nitrogens with zero attached hydrogens (tertiary/aromatic N) is 2. The van der Waals surface area contributed by atoms with Crippen LogP contribution in [-0.4, -0.2) is 123 Å². The number of piperidine rings is 1. The van der Waals surface area contributed by atoms with Gasteiger partial charge < -0.3 is 33.9 Å². The van der Waals surface area contributed by atoms with Crippen LogP contribution in [0.1, 0.15) is 56.3 Å². The fraction of sp³-hybridized carbons (Fsp3) is 0.757. The van der Waals surface area contributed by atoms with Crippen LogP contribution in [0, 0.1) is 40.4 Å². The number of likely N-dealkylation sites (tertiary alicyclic amines) is 1. The van der Waals surface area contributed by atoms with E-state index < -0.39 is 46.1 Å². The zero-order valence-corrected chi connectivity index (χ0v) is 29.3. The third-order valence-corrected chi connectivity index (χ3v) is 14.5. The van der Waals surface area contributed by atoms with Gasteiger partial charge in [0, 0.05) is 82.3 Å². The van der Waals surface area contributed by atoms with Crippen LogP contribution in [-0.2, 0) is 33.3 Å². The van der Waals surface area contributed by atoms with Crippen LogP contribution < -0.4 is 4.90 Å². The molecule has 2 heterocycles. The minimum atomic E-state index is -1.70. The molecule has 0 radical (unpaired) electrons. The molecule has 268 valence electrons. The lowest BCUT2D eigenvalue weighted by molar-refractivity contribution is -0.320. The second-order valence-electron chi connectivity index (χ2n) is 16.0. The third-order valence-electron chi connectivity index (χ3n) is 14.5. The van der Waals surface area contributed by atoms with Gasteiger partial charge in [0.15, 0.2) is 0 Å². The van der Waals surface area contributed by atoms with E-state index in [1.165, 1.54) is 0 Å². The Hall–Kier alpha value is -2.45. The molecule has 1 aromatic carbocycles. The summed E-state index contributed by atoms with van der Waals surface area (Å²) in [4.78, 5) is 43.3. The van der Waals surface area contributed by atoms with Gasteiger partial charge in [0.25, 0.3) is 0 Å². The maximum atomic E-state index is 14.1. The summed E-state index contributed by atoms with van der Waals surface area (Å²) in [6, 6.07) is 6.12. The first-order valence-corrected chi connectivity index (χ1v) is 17.9. The van der Waals surface area contributed by atoms with Crippen molar-refractivity contribution in [3.05, 3.63) is 29.8 Å². The van der Waals surface area contributed by atoms with Crippen LogP contribution in [0.4, 0.5) is 5.69 Å². The summed E-state index contributed by atoms with van der Waals surface area (Å²) >= 11 is 0. The molecule has 2 aliphatic heterocycles. The Bertz CT molecular complexity index is 1560. The lowest BCUT2D eigenvalue weighted by atomic mass is 9.42. The van der Waals surface area contributed by atoms with Crippen molar-refractivity contribution in [3.63, 3.8) is 0 Å². The first-order chi connectivity index (χ1) is 23.4. The number of amides is 2. The first kappa shape index (κ1) is 33.7. The van der Waals surface area contributed by atoms with Crippen molar-refractivity contribution in [2.45, 2.75) is 87.6 Å². The minimum absolute atomic E-state index is 0.0358. The minimum Gasteiger partial charge on any atom is -0.461 e. The van der Waals surface area contributed by atoms with Crippen LogP contribution >= 0.6 is 0 Å². The van der Waals surface area contributed by atoms with Gasteiger partial charge in [0.2, 0.25) is 11.8 Å². The summed E-state index contributed by atoms with van der Waals surface area (Å²) in [7, 11) is 6.70. The fourth-order valence-corrected chi connectivity index (χ4v) is 13.2. The Morgan fingerprint density at radius 1 is 1.04 bits per heavy atom. The highest BCUT2D eigenvalue weighted by atomic mass is 16.5. The SMILES string of the molecule is CCN1C[C@@]2(COC(=O)c3ccccc3N3C(=O)CC(C)C3=O)CC[C@H](OC)[C@]34C5C[C@@H]6[C@@H](OC)C[C@@](O)(C5[C@H]6OC)[C@@](O)(C13)[C@@H](OC)C24. The molecule has 5 aliphatic carbocycles. The molecule has 12 nitrogen and oxygen atoms in total. The predicted molar refractivity (Wildman–Crippen MR) is 174 cm³/mol. The second-order valence-corrected chi connectivity index (χ2v) is 16.0. The molecule has 2 amide bonds. The Balaban J connectivity index is 1.23. The summed E-state index contributed by atoms with van der Waals surface area (Å²) in [5.41, 5.74) is -4.17. The monoisotopic (exact) mass is 682 g/mol. The van der Waals surface area contributed by atoms with Crippen molar-refractivity contribution in [2.24, 2.45) is 40.4 Å². The molecule has 1 spiro atoms. The van der Waals surface area contributed by atoms with Gasteiger partial charge in [-0.3, -0.25) is 14.5 Å². The van der Waals surface area contributed by atoms with E-state index in [2.05, 4.69) is 11.8 Å². The predicted octanol–water partition coefficient (Wildman–Crippen LogP) is 2.04. The molecule has 5 saturated carbocycles. The van der Waals surface area contributed by atoms with Crippen LogP contribution in [0.25, 0.3) is 0 Å². The number of carbonyl (C=O) groups excluding carboxylic acids is 3. The number of esters is 1. The lowest BCUT2D eigenvalue weighted by Gasteiger charge is -2.70. The number of benzene rings is 1. The number of anilines is 1. The summed E-state index contributed by atoms with van der Waals surface area (Å²) in [5.74, 6) is -2.47. The highest BCUT2D eigenvalue weighted by Gasteiger charge is 2.91. The molecule has 5 unspecified atom stereocenters. The highest BCUT2D eigenvalue weighted by molar-refractivity contribution is 6.22. The molecule has 8 rings (SSSR count). The summed E-state index contributed by atoms with van der Waals surface area (Å²) in [6.07, 6.45) is 0.813. The van der Waals surface area contributed by atoms with Crippen LogP contribution in [0.5, 0.6) is 0 Å². The van der Waals surface area contributed by atoms with E-state index in [0.717, 1.165) is 11.3 Å². The van der Waals surface area contributed by atoms with Gasteiger partial charge in [-0.15, -0.1) is 0 Å². The van der Waals surface area contributed by atoms with E-state index in [0.29, 0.717) is 25.9 Å². The van der Waals surface area contributed by atoms with Gasteiger partial charge in [-0.05, 0) is 43.9 Å². The Morgan fingerprint density at radius 2 is 1.80 bits per heavy atom. The summed E-state index contributed by atoms with van der Waals surface area (Å²) in [5, 5.41) is 26.6. The van der Waals surface area contributed by atoms with E-state index in [-0.39, 0.29) is 84.5 Å². The van der Waals surface area contributed by atoms with Gasteiger partial charge in [0.1, 0.15) is 11.2 Å². The first-order valence-electron chi connectivity index (χ1n) is 17.9. The second kappa shape index (κ2) is 11.3. The highest BCUT2D eigenvalue weighted by Crippen LogP contribution is 2.80. The Kier molecular flexibility index (Phi) is 7.75. The van der Waals surface area contributed by atoms with E-state index in [9.17, 15) is 24.6 Å². The third kappa shape index (κ3) is 3.86. The van der Waals surface area contributed by atoms with Crippen molar-refractivity contribution >= 4 is 23.5 Å². The zero-order valence-electron chi connectivity index (χ0n) is 29.3. The van der Waals surface area contributed by atoms with Crippen LogP contribution in [0.15, 0.2) is 24.3 Å². The number of hydrogen-bond acceptors (Lipinski definition) is 11. The van der Waals surface area contributed by atoms with Crippen molar-refractivity contribution in [2.75, 3.05) is 53.0 Å². The number of para-hydroxylation sites is 1. The molecule has 49 heavy (non-hydrogen) atoms. The number of methoxy groups -OCH3 is 4. The number of imide groups is 1. The van der Waals surface area contributed by atoms with E-state index in [4.69, 9.17) is 23.7 Å².